The predicted molar refractivity (Wildman–Crippen MR) is 104 cm³/mol. The van der Waals surface area contributed by atoms with Crippen LogP contribution in [0.3, 0.4) is 0 Å². The first-order valence-corrected chi connectivity index (χ1v) is 8.48. The van der Waals surface area contributed by atoms with Gasteiger partial charge in [-0.2, -0.15) is 9.78 Å². The molecule has 0 saturated carbocycles. The molecule has 1 aromatic heterocycles. The average molecular weight is 395 g/mol. The van der Waals surface area contributed by atoms with Gasteiger partial charge in [0.25, 0.3) is 5.91 Å². The van der Waals surface area contributed by atoms with Crippen molar-refractivity contribution in [1.29, 1.82) is 0 Å². The molecule has 0 fully saturated rings. The lowest BCUT2D eigenvalue weighted by molar-refractivity contribution is -0.389. The molecular formula is C19H17N5O5. The molecule has 0 radical (unpaired) electrons. The number of aromatic hydroxyl groups is 2. The molecule has 1 heterocycles. The molecule has 10 heteroatoms. The summed E-state index contributed by atoms with van der Waals surface area (Å²) in [7, 11) is 0. The lowest BCUT2D eigenvalue weighted by Crippen LogP contribution is -2.23. The van der Waals surface area contributed by atoms with Crippen LogP contribution in [0, 0.1) is 10.1 Å². The number of carbonyl (C=O) groups excluding carboxylic acids is 1. The van der Waals surface area contributed by atoms with Gasteiger partial charge in [0.05, 0.1) is 23.4 Å². The molecule has 0 unspecified atom stereocenters. The van der Waals surface area contributed by atoms with Gasteiger partial charge in [0.15, 0.2) is 5.69 Å². The second-order valence-electron chi connectivity index (χ2n) is 6.13. The van der Waals surface area contributed by atoms with E-state index in [9.17, 15) is 25.1 Å². The maximum atomic E-state index is 12.6. The van der Waals surface area contributed by atoms with Gasteiger partial charge in [-0.1, -0.05) is 30.3 Å². The molecule has 2 aromatic carbocycles. The average Bonchev–Trinajstić information content (AvgIpc) is 3.11. The molecule has 3 N–H and O–H groups in total. The van der Waals surface area contributed by atoms with Crippen LogP contribution in [0.1, 0.15) is 28.5 Å². The molecule has 0 saturated heterocycles. The second kappa shape index (κ2) is 8.21. The maximum Gasteiger partial charge on any atom is 0.390 e. The molecule has 0 aliphatic carbocycles. The van der Waals surface area contributed by atoms with Gasteiger partial charge in [0.2, 0.25) is 0 Å². The van der Waals surface area contributed by atoms with E-state index in [0.717, 1.165) is 17.7 Å². The van der Waals surface area contributed by atoms with Crippen LogP contribution in [0.5, 0.6) is 11.5 Å². The number of phenolic OH excluding ortho intramolecular Hbond substituents is 2. The summed E-state index contributed by atoms with van der Waals surface area (Å²) >= 11 is 0. The molecule has 3 rings (SSSR count). The number of phenols is 2. The Labute approximate surface area is 164 Å². The minimum absolute atomic E-state index is 0.0352. The van der Waals surface area contributed by atoms with Gasteiger partial charge in [-0.05, 0) is 29.5 Å². The minimum atomic E-state index is -0.695. The summed E-state index contributed by atoms with van der Waals surface area (Å²) in [6, 6.07) is 14.1. The van der Waals surface area contributed by atoms with Crippen LogP contribution >= 0.6 is 0 Å². The number of nitrogens with zero attached hydrogens (tertiary/aromatic N) is 4. The highest BCUT2D eigenvalue weighted by Gasteiger charge is 2.23. The van der Waals surface area contributed by atoms with Crippen LogP contribution in [0.15, 0.2) is 59.7 Å². The summed E-state index contributed by atoms with van der Waals surface area (Å²) in [6.07, 6.45) is 0. The number of aromatic nitrogens is 2. The number of nitro groups is 1. The molecular weight excluding hydrogens is 378 g/mol. The van der Waals surface area contributed by atoms with Crippen LogP contribution in [-0.2, 0) is 6.54 Å². The van der Waals surface area contributed by atoms with Crippen molar-refractivity contribution in [3.63, 3.8) is 0 Å². The van der Waals surface area contributed by atoms with Gasteiger partial charge in [0.1, 0.15) is 11.5 Å². The molecule has 29 heavy (non-hydrogen) atoms. The van der Waals surface area contributed by atoms with Crippen molar-refractivity contribution in [2.45, 2.75) is 13.5 Å². The number of rotatable bonds is 6. The SMILES string of the molecule is C/C(=N/NC(=O)c1cc([N+](=O)[O-])nn1Cc1ccccc1)c1ccc(O)cc1O. The van der Waals surface area contributed by atoms with Gasteiger partial charge < -0.3 is 20.3 Å². The highest BCUT2D eigenvalue weighted by Crippen LogP contribution is 2.23. The van der Waals surface area contributed by atoms with Gasteiger partial charge in [0, 0.05) is 11.6 Å². The number of amides is 1. The van der Waals surface area contributed by atoms with E-state index in [1.807, 2.05) is 30.3 Å². The molecule has 0 aliphatic rings. The lowest BCUT2D eigenvalue weighted by Gasteiger charge is -2.06. The first kappa shape index (κ1) is 19.5. The molecule has 10 nitrogen and oxygen atoms in total. The molecule has 0 aliphatic heterocycles. The number of nitrogens with one attached hydrogen (secondary N) is 1. The van der Waals surface area contributed by atoms with Gasteiger partial charge >= 0.3 is 5.82 Å². The Kier molecular flexibility index (Phi) is 5.54. The molecule has 0 spiro atoms. The van der Waals surface area contributed by atoms with Crippen molar-refractivity contribution in [2.75, 3.05) is 0 Å². The van der Waals surface area contributed by atoms with Gasteiger partial charge in [-0.25, -0.2) is 5.43 Å². The number of hydrazone groups is 1. The van der Waals surface area contributed by atoms with Crippen molar-refractivity contribution in [1.82, 2.24) is 15.2 Å². The van der Waals surface area contributed by atoms with Gasteiger partial charge in [-0.3, -0.25) is 4.79 Å². The molecule has 1 amide bonds. The first-order chi connectivity index (χ1) is 13.8. The van der Waals surface area contributed by atoms with E-state index in [-0.39, 0.29) is 29.4 Å². The molecule has 148 valence electrons. The third kappa shape index (κ3) is 4.56. The standard InChI is InChI=1S/C19H17N5O5/c1-12(15-8-7-14(25)9-17(15)26)20-21-19(27)16-10-18(24(28)29)22-23(16)11-13-5-3-2-4-6-13/h2-10,25-26H,11H2,1H3,(H,21,27)/b20-12-. The van der Waals surface area contributed by atoms with Crippen LogP contribution in [0.4, 0.5) is 5.82 Å². The highest BCUT2D eigenvalue weighted by atomic mass is 16.6. The van der Waals surface area contributed by atoms with E-state index in [4.69, 9.17) is 0 Å². The summed E-state index contributed by atoms with van der Waals surface area (Å²) in [6.45, 7) is 1.72. The Morgan fingerprint density at radius 3 is 2.59 bits per heavy atom. The van der Waals surface area contributed by atoms with Crippen LogP contribution in [-0.4, -0.2) is 36.5 Å². The minimum Gasteiger partial charge on any atom is -0.508 e. The van der Waals surface area contributed by atoms with Crippen molar-refractivity contribution >= 4 is 17.4 Å². The Bertz CT molecular complexity index is 1090. The largest absolute Gasteiger partial charge is 0.508 e. The van der Waals surface area contributed by atoms with E-state index in [0.29, 0.717) is 5.56 Å². The third-order valence-electron chi connectivity index (χ3n) is 4.06. The summed E-state index contributed by atoms with van der Waals surface area (Å²) in [5.74, 6) is -1.47. The van der Waals surface area contributed by atoms with Crippen molar-refractivity contribution in [3.05, 3.63) is 81.5 Å². The molecule has 0 bridgehead atoms. The first-order valence-electron chi connectivity index (χ1n) is 8.48. The number of carbonyl (C=O) groups is 1. The van der Waals surface area contributed by atoms with Crippen molar-refractivity contribution in [2.24, 2.45) is 5.10 Å². The third-order valence-corrected chi connectivity index (χ3v) is 4.06. The Morgan fingerprint density at radius 1 is 1.21 bits per heavy atom. The quantitative estimate of drug-likeness (QED) is 0.332. The van der Waals surface area contributed by atoms with E-state index in [1.165, 1.54) is 16.8 Å². The fourth-order valence-electron chi connectivity index (χ4n) is 2.63. The van der Waals surface area contributed by atoms with E-state index >= 15 is 0 Å². The lowest BCUT2D eigenvalue weighted by atomic mass is 10.1. The number of benzene rings is 2. The summed E-state index contributed by atoms with van der Waals surface area (Å²) in [5, 5.41) is 38.1. The van der Waals surface area contributed by atoms with Crippen LogP contribution in [0.2, 0.25) is 0 Å². The predicted octanol–water partition coefficient (Wildman–Crippen LogP) is 2.40. The summed E-state index contributed by atoms with van der Waals surface area (Å²) in [4.78, 5) is 23.0. The molecule has 3 aromatic rings. The zero-order valence-corrected chi connectivity index (χ0v) is 15.3. The van der Waals surface area contributed by atoms with Gasteiger partial charge in [-0.15, -0.1) is 0 Å². The van der Waals surface area contributed by atoms with E-state index in [2.05, 4.69) is 15.6 Å². The van der Waals surface area contributed by atoms with E-state index < -0.39 is 16.6 Å². The highest BCUT2D eigenvalue weighted by molar-refractivity contribution is 6.02. The topological polar surface area (TPSA) is 143 Å². The Balaban J connectivity index is 1.85. The normalized spacial score (nSPS) is 11.3. The Morgan fingerprint density at radius 2 is 1.93 bits per heavy atom. The smallest absolute Gasteiger partial charge is 0.390 e. The molecule has 0 atom stereocenters. The van der Waals surface area contributed by atoms with Crippen LogP contribution in [0.25, 0.3) is 0 Å². The number of hydrogen-bond donors (Lipinski definition) is 3. The zero-order chi connectivity index (χ0) is 21.0. The fourth-order valence-corrected chi connectivity index (χ4v) is 2.63. The van der Waals surface area contributed by atoms with Crippen molar-refractivity contribution in [3.8, 4) is 11.5 Å². The van der Waals surface area contributed by atoms with E-state index in [1.54, 1.807) is 6.92 Å². The van der Waals surface area contributed by atoms with Crippen LogP contribution < -0.4 is 5.43 Å². The summed E-state index contributed by atoms with van der Waals surface area (Å²) in [5.41, 5.74) is 3.68. The Hall–Kier alpha value is -4.21. The van der Waals surface area contributed by atoms with Crippen molar-refractivity contribution < 1.29 is 19.9 Å². The zero-order valence-electron chi connectivity index (χ0n) is 15.3. The summed E-state index contributed by atoms with van der Waals surface area (Å²) < 4.78 is 1.23. The number of hydrogen-bond acceptors (Lipinski definition) is 7. The monoisotopic (exact) mass is 395 g/mol. The second-order valence-corrected chi connectivity index (χ2v) is 6.13. The maximum absolute atomic E-state index is 12.6. The fraction of sp³-hybridized carbons (Fsp3) is 0.105.